The van der Waals surface area contributed by atoms with Gasteiger partial charge in [-0.1, -0.05) is 12.1 Å². The summed E-state index contributed by atoms with van der Waals surface area (Å²) in [6.45, 7) is 2.92. The summed E-state index contributed by atoms with van der Waals surface area (Å²) >= 11 is 0. The highest BCUT2D eigenvalue weighted by Crippen LogP contribution is 2.11. The van der Waals surface area contributed by atoms with Crippen LogP contribution in [0.2, 0.25) is 0 Å². The van der Waals surface area contributed by atoms with Gasteiger partial charge in [-0.05, 0) is 37.0 Å². The number of amides is 2. The zero-order valence-electron chi connectivity index (χ0n) is 11.7. The Morgan fingerprint density at radius 2 is 2.05 bits per heavy atom. The van der Waals surface area contributed by atoms with Crippen molar-refractivity contribution in [2.75, 3.05) is 11.9 Å². The lowest BCUT2D eigenvalue weighted by atomic mass is 10.1. The van der Waals surface area contributed by atoms with Crippen LogP contribution in [0.3, 0.4) is 0 Å². The lowest BCUT2D eigenvalue weighted by Crippen LogP contribution is -2.42. The molecule has 5 heteroatoms. The third kappa shape index (κ3) is 4.35. The average Bonchev–Trinajstić information content (AvgIpc) is 2.62. The summed E-state index contributed by atoms with van der Waals surface area (Å²) in [6.07, 6.45) is 3.00. The molecule has 20 heavy (non-hydrogen) atoms. The fraction of sp³-hybridized carbons (Fsp3) is 0.467. The van der Waals surface area contributed by atoms with Crippen molar-refractivity contribution in [2.45, 2.75) is 38.8 Å². The van der Waals surface area contributed by atoms with Crippen LogP contribution >= 0.6 is 0 Å². The van der Waals surface area contributed by atoms with Gasteiger partial charge in [-0.25, -0.2) is 0 Å². The van der Waals surface area contributed by atoms with Crippen molar-refractivity contribution in [1.82, 2.24) is 10.6 Å². The summed E-state index contributed by atoms with van der Waals surface area (Å²) in [5.74, 6) is 0.0170. The smallest absolute Gasteiger partial charge is 0.237 e. The van der Waals surface area contributed by atoms with Crippen molar-refractivity contribution in [3.63, 3.8) is 0 Å². The minimum atomic E-state index is -0.104. The molecule has 1 heterocycles. The summed E-state index contributed by atoms with van der Waals surface area (Å²) in [6, 6.07) is 7.53. The topological polar surface area (TPSA) is 70.2 Å². The number of hydrogen-bond donors (Lipinski definition) is 3. The van der Waals surface area contributed by atoms with Gasteiger partial charge in [0.2, 0.25) is 11.8 Å². The van der Waals surface area contributed by atoms with Crippen LogP contribution in [-0.2, 0) is 16.1 Å². The summed E-state index contributed by atoms with van der Waals surface area (Å²) < 4.78 is 0. The third-order valence-corrected chi connectivity index (χ3v) is 3.36. The van der Waals surface area contributed by atoms with Gasteiger partial charge in [0.1, 0.15) is 0 Å². The van der Waals surface area contributed by atoms with Gasteiger partial charge in [-0.3, -0.25) is 9.59 Å². The molecule has 3 N–H and O–H groups in total. The van der Waals surface area contributed by atoms with Crippen LogP contribution in [0.25, 0.3) is 0 Å². The van der Waals surface area contributed by atoms with Gasteiger partial charge >= 0.3 is 0 Å². The van der Waals surface area contributed by atoms with E-state index in [1.54, 1.807) is 0 Å². The van der Waals surface area contributed by atoms with Gasteiger partial charge in [0.25, 0.3) is 0 Å². The molecule has 0 aromatic heterocycles. The first kappa shape index (κ1) is 14.5. The van der Waals surface area contributed by atoms with E-state index in [1.165, 1.54) is 6.92 Å². The fourth-order valence-corrected chi connectivity index (χ4v) is 2.28. The largest absolute Gasteiger partial charge is 0.355 e. The molecule has 0 bridgehead atoms. The highest BCUT2D eigenvalue weighted by molar-refractivity contribution is 5.88. The molecule has 2 rings (SSSR count). The van der Waals surface area contributed by atoms with E-state index >= 15 is 0 Å². The SMILES string of the molecule is CC(=O)Nc1ccc(CNC2CCCCNC2=O)cc1. The molecule has 0 saturated carbocycles. The van der Waals surface area contributed by atoms with E-state index in [0.717, 1.165) is 37.1 Å². The zero-order chi connectivity index (χ0) is 14.4. The molecule has 0 aliphatic carbocycles. The first-order valence-corrected chi connectivity index (χ1v) is 7.03. The first-order chi connectivity index (χ1) is 9.65. The lowest BCUT2D eigenvalue weighted by Gasteiger charge is -2.15. The first-order valence-electron chi connectivity index (χ1n) is 7.03. The number of nitrogens with one attached hydrogen (secondary N) is 3. The molecule has 1 aliphatic rings. The highest BCUT2D eigenvalue weighted by atomic mass is 16.2. The Hall–Kier alpha value is -1.88. The molecule has 1 saturated heterocycles. The maximum atomic E-state index is 11.8. The normalized spacial score (nSPS) is 19.1. The lowest BCUT2D eigenvalue weighted by molar-refractivity contribution is -0.122. The van der Waals surface area contributed by atoms with Crippen LogP contribution in [0.4, 0.5) is 5.69 Å². The van der Waals surface area contributed by atoms with Crippen LogP contribution in [0.5, 0.6) is 0 Å². The molecule has 1 aliphatic heterocycles. The minimum absolute atomic E-state index is 0.0778. The minimum Gasteiger partial charge on any atom is -0.355 e. The number of carbonyl (C=O) groups excluding carboxylic acids is 2. The standard InChI is InChI=1S/C15H21N3O2/c1-11(19)18-13-7-5-12(6-8-13)10-17-14-4-2-3-9-16-15(14)20/h5-8,14,17H,2-4,9-10H2,1H3,(H,16,20)(H,18,19). The summed E-state index contributed by atoms with van der Waals surface area (Å²) in [7, 11) is 0. The average molecular weight is 275 g/mol. The summed E-state index contributed by atoms with van der Waals surface area (Å²) in [5.41, 5.74) is 1.88. The van der Waals surface area contributed by atoms with Crippen molar-refractivity contribution in [3.8, 4) is 0 Å². The maximum Gasteiger partial charge on any atom is 0.237 e. The molecule has 1 aromatic rings. The predicted octanol–water partition coefficient (Wildman–Crippen LogP) is 1.40. The molecule has 1 atom stereocenters. The van der Waals surface area contributed by atoms with Crippen LogP contribution < -0.4 is 16.0 Å². The van der Waals surface area contributed by atoms with E-state index in [-0.39, 0.29) is 17.9 Å². The quantitative estimate of drug-likeness (QED) is 0.778. The third-order valence-electron chi connectivity index (χ3n) is 3.36. The van der Waals surface area contributed by atoms with Gasteiger partial charge in [-0.15, -0.1) is 0 Å². The second-order valence-electron chi connectivity index (χ2n) is 5.10. The predicted molar refractivity (Wildman–Crippen MR) is 78.2 cm³/mol. The molecule has 108 valence electrons. The number of hydrogen-bond acceptors (Lipinski definition) is 3. The fourth-order valence-electron chi connectivity index (χ4n) is 2.28. The summed E-state index contributed by atoms with van der Waals surface area (Å²) in [5, 5.41) is 8.93. The number of carbonyl (C=O) groups is 2. The maximum absolute atomic E-state index is 11.8. The van der Waals surface area contributed by atoms with Crippen molar-refractivity contribution < 1.29 is 9.59 Å². The Morgan fingerprint density at radius 3 is 2.75 bits per heavy atom. The molecule has 1 aromatic carbocycles. The van der Waals surface area contributed by atoms with Gasteiger partial charge < -0.3 is 16.0 Å². The Bertz CT molecular complexity index is 471. The van der Waals surface area contributed by atoms with Crippen LogP contribution in [0.15, 0.2) is 24.3 Å². The molecule has 1 fully saturated rings. The second-order valence-corrected chi connectivity index (χ2v) is 5.10. The number of benzene rings is 1. The number of rotatable bonds is 4. The van der Waals surface area contributed by atoms with Gasteiger partial charge in [-0.2, -0.15) is 0 Å². The molecule has 5 nitrogen and oxygen atoms in total. The van der Waals surface area contributed by atoms with E-state index in [1.807, 2.05) is 24.3 Å². The molecular weight excluding hydrogens is 254 g/mol. The Labute approximate surface area is 119 Å². The van der Waals surface area contributed by atoms with Crippen molar-refractivity contribution >= 4 is 17.5 Å². The molecule has 0 spiro atoms. The van der Waals surface area contributed by atoms with Gasteiger partial charge in [0, 0.05) is 25.7 Å². The van der Waals surface area contributed by atoms with E-state index in [4.69, 9.17) is 0 Å². The van der Waals surface area contributed by atoms with Crippen LogP contribution in [-0.4, -0.2) is 24.4 Å². The Morgan fingerprint density at radius 1 is 1.30 bits per heavy atom. The van der Waals surface area contributed by atoms with Crippen molar-refractivity contribution in [3.05, 3.63) is 29.8 Å². The second kappa shape index (κ2) is 7.05. The molecule has 0 radical (unpaired) electrons. The van der Waals surface area contributed by atoms with Crippen LogP contribution in [0.1, 0.15) is 31.7 Å². The van der Waals surface area contributed by atoms with E-state index in [0.29, 0.717) is 6.54 Å². The van der Waals surface area contributed by atoms with Crippen LogP contribution in [0, 0.1) is 0 Å². The van der Waals surface area contributed by atoms with Gasteiger partial charge in [0.05, 0.1) is 6.04 Å². The Kier molecular flexibility index (Phi) is 5.12. The molecular formula is C15H21N3O2. The zero-order valence-corrected chi connectivity index (χ0v) is 11.7. The van der Waals surface area contributed by atoms with E-state index in [9.17, 15) is 9.59 Å². The highest BCUT2D eigenvalue weighted by Gasteiger charge is 2.19. The molecule has 2 amide bonds. The summed E-state index contributed by atoms with van der Waals surface area (Å²) in [4.78, 5) is 22.7. The van der Waals surface area contributed by atoms with Gasteiger partial charge in [0.15, 0.2) is 0 Å². The van der Waals surface area contributed by atoms with E-state index in [2.05, 4.69) is 16.0 Å². The van der Waals surface area contributed by atoms with Crippen molar-refractivity contribution in [2.24, 2.45) is 0 Å². The molecule has 1 unspecified atom stereocenters. The Balaban J connectivity index is 1.86. The number of anilines is 1. The van der Waals surface area contributed by atoms with Crippen molar-refractivity contribution in [1.29, 1.82) is 0 Å². The monoisotopic (exact) mass is 275 g/mol. The van der Waals surface area contributed by atoms with E-state index < -0.39 is 0 Å².